The van der Waals surface area contributed by atoms with E-state index < -0.39 is 0 Å². The second kappa shape index (κ2) is 7.83. The third-order valence-corrected chi connectivity index (χ3v) is 4.02. The Hall–Kier alpha value is -1.03. The summed E-state index contributed by atoms with van der Waals surface area (Å²) in [5, 5.41) is 9.31. The number of rotatable bonds is 7. The Kier molecular flexibility index (Phi) is 6.09. The Bertz CT molecular complexity index is 581. The first-order chi connectivity index (χ1) is 10.2. The average Bonchev–Trinajstić information content (AvgIpc) is 2.90. The van der Waals surface area contributed by atoms with Crippen LogP contribution in [0.2, 0.25) is 10.0 Å². The Morgan fingerprint density at radius 2 is 2.05 bits per heavy atom. The molecular weight excluding hydrogens is 305 g/mol. The van der Waals surface area contributed by atoms with Crippen LogP contribution in [0.3, 0.4) is 0 Å². The Morgan fingerprint density at radius 1 is 1.24 bits per heavy atom. The second-order valence-corrected chi connectivity index (χ2v) is 5.87. The molecule has 5 heteroatoms. The summed E-state index contributed by atoms with van der Waals surface area (Å²) < 4.78 is 2.07. The zero-order valence-corrected chi connectivity index (χ0v) is 14.0. The highest BCUT2D eigenvalue weighted by atomic mass is 35.5. The maximum Gasteiger partial charge on any atom is 0.0556 e. The van der Waals surface area contributed by atoms with Crippen LogP contribution in [-0.4, -0.2) is 16.3 Å². The number of likely N-dealkylation sites (N-methyl/N-ethyl adjacent to an activating group) is 1. The highest BCUT2D eigenvalue weighted by molar-refractivity contribution is 6.35. The van der Waals surface area contributed by atoms with Gasteiger partial charge in [-0.25, -0.2) is 0 Å². The second-order valence-electron chi connectivity index (χ2n) is 5.03. The van der Waals surface area contributed by atoms with Gasteiger partial charge in [-0.3, -0.25) is 4.68 Å². The van der Waals surface area contributed by atoms with Crippen LogP contribution in [0.15, 0.2) is 30.5 Å². The van der Waals surface area contributed by atoms with Gasteiger partial charge < -0.3 is 5.32 Å². The lowest BCUT2D eigenvalue weighted by Gasteiger charge is -2.20. The SMILES string of the molecule is CCCn1nccc1C(Cc1ccc(Cl)cc1Cl)NCC. The van der Waals surface area contributed by atoms with Crippen LogP contribution < -0.4 is 5.32 Å². The van der Waals surface area contributed by atoms with Gasteiger partial charge in [-0.05, 0) is 43.1 Å². The van der Waals surface area contributed by atoms with Gasteiger partial charge in [-0.1, -0.05) is 43.1 Å². The molecule has 1 atom stereocenters. The van der Waals surface area contributed by atoms with Gasteiger partial charge in [0.25, 0.3) is 0 Å². The van der Waals surface area contributed by atoms with Crippen LogP contribution in [-0.2, 0) is 13.0 Å². The molecule has 1 aromatic heterocycles. The molecule has 114 valence electrons. The lowest BCUT2D eigenvalue weighted by molar-refractivity contribution is 0.478. The summed E-state index contributed by atoms with van der Waals surface area (Å²) >= 11 is 12.3. The summed E-state index contributed by atoms with van der Waals surface area (Å²) in [7, 11) is 0. The molecule has 0 saturated heterocycles. The van der Waals surface area contributed by atoms with Crippen molar-refractivity contribution >= 4 is 23.2 Å². The maximum absolute atomic E-state index is 6.30. The number of halogens is 2. The van der Waals surface area contributed by atoms with Crippen molar-refractivity contribution in [2.24, 2.45) is 0 Å². The molecule has 1 unspecified atom stereocenters. The van der Waals surface area contributed by atoms with Crippen LogP contribution in [0, 0.1) is 0 Å². The zero-order valence-electron chi connectivity index (χ0n) is 12.4. The van der Waals surface area contributed by atoms with Gasteiger partial charge in [0.2, 0.25) is 0 Å². The van der Waals surface area contributed by atoms with Gasteiger partial charge in [-0.2, -0.15) is 5.10 Å². The summed E-state index contributed by atoms with van der Waals surface area (Å²) in [6, 6.07) is 7.95. The lowest BCUT2D eigenvalue weighted by Crippen LogP contribution is -2.26. The number of aryl methyl sites for hydroxylation is 1. The molecule has 21 heavy (non-hydrogen) atoms. The van der Waals surface area contributed by atoms with Crippen LogP contribution in [0.4, 0.5) is 0 Å². The fourth-order valence-electron chi connectivity index (χ4n) is 2.47. The number of hydrogen-bond acceptors (Lipinski definition) is 2. The van der Waals surface area contributed by atoms with Crippen molar-refractivity contribution in [2.75, 3.05) is 6.54 Å². The normalized spacial score (nSPS) is 12.6. The molecule has 2 rings (SSSR count). The van der Waals surface area contributed by atoms with E-state index in [1.165, 1.54) is 5.69 Å². The first kappa shape index (κ1) is 16.3. The minimum atomic E-state index is 0.197. The van der Waals surface area contributed by atoms with Crippen LogP contribution in [0.25, 0.3) is 0 Å². The predicted octanol–water partition coefficient (Wildman–Crippen LogP) is 4.49. The fourth-order valence-corrected chi connectivity index (χ4v) is 2.96. The quantitative estimate of drug-likeness (QED) is 0.812. The largest absolute Gasteiger partial charge is 0.309 e. The van der Waals surface area contributed by atoms with Crippen molar-refractivity contribution < 1.29 is 0 Å². The third kappa shape index (κ3) is 4.22. The highest BCUT2D eigenvalue weighted by Gasteiger charge is 2.17. The Morgan fingerprint density at radius 3 is 2.71 bits per heavy atom. The summed E-state index contributed by atoms with van der Waals surface area (Å²) in [6.07, 6.45) is 3.74. The Balaban J connectivity index is 2.24. The topological polar surface area (TPSA) is 29.9 Å². The predicted molar refractivity (Wildman–Crippen MR) is 89.1 cm³/mol. The van der Waals surface area contributed by atoms with E-state index in [-0.39, 0.29) is 6.04 Å². The summed E-state index contributed by atoms with van der Waals surface area (Å²) in [5.41, 5.74) is 2.29. The van der Waals surface area contributed by atoms with Gasteiger partial charge in [0.1, 0.15) is 0 Å². The zero-order chi connectivity index (χ0) is 15.2. The van der Waals surface area contributed by atoms with Gasteiger partial charge in [-0.15, -0.1) is 0 Å². The van der Waals surface area contributed by atoms with Crippen molar-refractivity contribution in [1.29, 1.82) is 0 Å². The van der Waals surface area contributed by atoms with E-state index in [0.717, 1.165) is 31.5 Å². The number of nitrogens with zero attached hydrogens (tertiary/aromatic N) is 2. The van der Waals surface area contributed by atoms with Crippen molar-refractivity contribution in [3.8, 4) is 0 Å². The van der Waals surface area contributed by atoms with E-state index in [1.807, 2.05) is 18.3 Å². The first-order valence-electron chi connectivity index (χ1n) is 7.34. The molecule has 1 N–H and O–H groups in total. The molecule has 0 aliphatic carbocycles. The van der Waals surface area contributed by atoms with Gasteiger partial charge in [0.15, 0.2) is 0 Å². The summed E-state index contributed by atoms with van der Waals surface area (Å²) in [6.45, 7) is 6.09. The third-order valence-electron chi connectivity index (χ3n) is 3.43. The van der Waals surface area contributed by atoms with Crippen LogP contribution in [0.1, 0.15) is 37.6 Å². The highest BCUT2D eigenvalue weighted by Crippen LogP contribution is 2.26. The number of nitrogens with one attached hydrogen (secondary N) is 1. The molecule has 0 aliphatic heterocycles. The van der Waals surface area contributed by atoms with Crippen LogP contribution >= 0.6 is 23.2 Å². The standard InChI is InChI=1S/C16H21Cl2N3/c1-3-9-21-16(7-8-20-21)15(19-4-2)10-12-5-6-13(17)11-14(12)18/h5-8,11,15,19H,3-4,9-10H2,1-2H3. The van der Waals surface area contributed by atoms with Crippen molar-refractivity contribution in [3.05, 3.63) is 51.8 Å². The van der Waals surface area contributed by atoms with Gasteiger partial charge in [0, 0.05) is 22.8 Å². The first-order valence-corrected chi connectivity index (χ1v) is 8.10. The molecule has 1 heterocycles. The molecule has 0 fully saturated rings. The van der Waals surface area contributed by atoms with E-state index in [4.69, 9.17) is 23.2 Å². The minimum Gasteiger partial charge on any atom is -0.309 e. The molecule has 0 bridgehead atoms. The molecule has 0 saturated carbocycles. The Labute approximate surface area is 136 Å². The molecule has 1 aromatic carbocycles. The smallest absolute Gasteiger partial charge is 0.0556 e. The molecule has 2 aromatic rings. The minimum absolute atomic E-state index is 0.197. The summed E-state index contributed by atoms with van der Waals surface area (Å²) in [4.78, 5) is 0. The lowest BCUT2D eigenvalue weighted by atomic mass is 10.0. The molecule has 0 radical (unpaired) electrons. The van der Waals surface area contributed by atoms with Gasteiger partial charge in [0.05, 0.1) is 11.7 Å². The van der Waals surface area contributed by atoms with E-state index in [1.54, 1.807) is 6.07 Å². The van der Waals surface area contributed by atoms with E-state index >= 15 is 0 Å². The van der Waals surface area contributed by atoms with Crippen LogP contribution in [0.5, 0.6) is 0 Å². The van der Waals surface area contributed by atoms with Crippen molar-refractivity contribution in [1.82, 2.24) is 15.1 Å². The monoisotopic (exact) mass is 325 g/mol. The van der Waals surface area contributed by atoms with E-state index in [2.05, 4.69) is 35.0 Å². The van der Waals surface area contributed by atoms with Crippen molar-refractivity contribution in [2.45, 2.75) is 39.3 Å². The fraction of sp³-hybridized carbons (Fsp3) is 0.438. The number of aromatic nitrogens is 2. The molecular formula is C16H21Cl2N3. The number of hydrogen-bond donors (Lipinski definition) is 1. The summed E-state index contributed by atoms with van der Waals surface area (Å²) in [5.74, 6) is 0. The molecule has 3 nitrogen and oxygen atoms in total. The maximum atomic E-state index is 6.30. The molecule has 0 amide bonds. The van der Waals surface area contributed by atoms with Gasteiger partial charge >= 0.3 is 0 Å². The molecule has 0 spiro atoms. The van der Waals surface area contributed by atoms with E-state index in [9.17, 15) is 0 Å². The number of benzene rings is 1. The van der Waals surface area contributed by atoms with E-state index in [0.29, 0.717) is 10.0 Å². The van der Waals surface area contributed by atoms with Crippen molar-refractivity contribution in [3.63, 3.8) is 0 Å². The molecule has 0 aliphatic rings. The average molecular weight is 326 g/mol.